The van der Waals surface area contributed by atoms with E-state index in [-0.39, 0.29) is 29.1 Å². The van der Waals surface area contributed by atoms with Crippen molar-refractivity contribution in [2.75, 3.05) is 6.61 Å². The zero-order valence-corrected chi connectivity index (χ0v) is 22.3. The number of aliphatic hydroxyl groups is 1. The summed E-state index contributed by atoms with van der Waals surface area (Å²) in [4.78, 5) is 41.1. The van der Waals surface area contributed by atoms with Crippen LogP contribution in [0.25, 0.3) is 0 Å². The van der Waals surface area contributed by atoms with E-state index in [0.29, 0.717) is 24.2 Å². The normalized spacial score (nSPS) is 39.5. The number of amides is 1. The van der Waals surface area contributed by atoms with Gasteiger partial charge in [-0.05, 0) is 93.5 Å². The van der Waals surface area contributed by atoms with Crippen LogP contribution in [0, 0.1) is 34.5 Å². The van der Waals surface area contributed by atoms with Crippen molar-refractivity contribution >= 4 is 23.4 Å². The predicted molar refractivity (Wildman–Crippen MR) is 135 cm³/mol. The highest BCUT2D eigenvalue weighted by molar-refractivity contribution is 5.96. The Bertz CT molecular complexity index is 989. The predicted octanol–water partition coefficient (Wildman–Crippen LogP) is 3.87. The molecular formula is C28H42N2O6. The molecule has 0 aromatic rings. The van der Waals surface area contributed by atoms with Gasteiger partial charge in [-0.1, -0.05) is 38.4 Å². The Labute approximate surface area is 213 Å². The highest BCUT2D eigenvalue weighted by Gasteiger charge is 2.65. The fourth-order valence-corrected chi connectivity index (χ4v) is 8.14. The SMILES string of the molecule is CC(=O)[C@@]1(O)CC[C@H]2[C@@H]3CCC4=CC(=NOCC(=O)NC(C(=O)O)C(C)C)CC[C@]4(C)[C@H]3CC[C@@]21C. The van der Waals surface area contributed by atoms with E-state index in [0.717, 1.165) is 50.7 Å². The Morgan fingerprint density at radius 1 is 1.11 bits per heavy atom. The molecule has 0 bridgehead atoms. The van der Waals surface area contributed by atoms with E-state index in [1.165, 1.54) is 5.57 Å². The van der Waals surface area contributed by atoms with Crippen molar-refractivity contribution in [1.29, 1.82) is 0 Å². The maximum absolute atomic E-state index is 12.4. The second-order valence-corrected chi connectivity index (χ2v) is 12.4. The molecule has 4 aliphatic rings. The van der Waals surface area contributed by atoms with E-state index in [1.807, 2.05) is 0 Å². The van der Waals surface area contributed by atoms with Crippen LogP contribution in [0.15, 0.2) is 16.8 Å². The largest absolute Gasteiger partial charge is 0.480 e. The summed E-state index contributed by atoms with van der Waals surface area (Å²) >= 11 is 0. The van der Waals surface area contributed by atoms with E-state index in [4.69, 9.17) is 4.84 Å². The minimum Gasteiger partial charge on any atom is -0.480 e. The van der Waals surface area contributed by atoms with E-state index in [9.17, 15) is 24.6 Å². The number of allylic oxidation sites excluding steroid dienone is 2. The van der Waals surface area contributed by atoms with Gasteiger partial charge in [0.15, 0.2) is 12.4 Å². The topological polar surface area (TPSA) is 125 Å². The van der Waals surface area contributed by atoms with Gasteiger partial charge in [0.2, 0.25) is 0 Å². The summed E-state index contributed by atoms with van der Waals surface area (Å²) in [6, 6.07) is -0.954. The standard InChI is InChI=1S/C28H42N2O6/c1-16(2)24(25(33)34)29-23(32)15-36-30-19-8-11-26(4)18(14-19)6-7-20-21(26)9-12-27(5)22(20)10-13-28(27,35)17(3)31/h14,16,20-22,24,35H,6-13,15H2,1-5H3,(H,29,32)(H,33,34)/t20-,21+,22+,24?,26+,27+,28+/m1/s1. The van der Waals surface area contributed by atoms with Gasteiger partial charge < -0.3 is 20.4 Å². The third-order valence-electron chi connectivity index (χ3n) is 10.3. The van der Waals surface area contributed by atoms with Gasteiger partial charge in [0.25, 0.3) is 5.91 Å². The number of Topliss-reactive ketones (excluding diaryl/α,β-unsaturated/α-hetero) is 1. The summed E-state index contributed by atoms with van der Waals surface area (Å²) in [5.74, 6) is -0.455. The van der Waals surface area contributed by atoms with Crippen molar-refractivity contribution in [3.05, 3.63) is 11.6 Å². The summed E-state index contributed by atoms with van der Waals surface area (Å²) in [6.45, 7) is 9.23. The molecule has 0 aromatic carbocycles. The Balaban J connectivity index is 1.42. The smallest absolute Gasteiger partial charge is 0.326 e. The number of carboxylic acid groups (broad SMARTS) is 1. The number of carbonyl (C=O) groups is 3. The van der Waals surface area contributed by atoms with E-state index < -0.39 is 23.5 Å². The van der Waals surface area contributed by atoms with Gasteiger partial charge in [0, 0.05) is 5.41 Å². The van der Waals surface area contributed by atoms with Crippen LogP contribution in [0.2, 0.25) is 0 Å². The van der Waals surface area contributed by atoms with Crippen LogP contribution < -0.4 is 5.32 Å². The second-order valence-electron chi connectivity index (χ2n) is 12.4. The van der Waals surface area contributed by atoms with Gasteiger partial charge in [-0.15, -0.1) is 0 Å². The summed E-state index contributed by atoms with van der Waals surface area (Å²) in [5, 5.41) is 27.2. The molecule has 0 aromatic heterocycles. The lowest BCUT2D eigenvalue weighted by Crippen LogP contribution is -2.57. The first-order chi connectivity index (χ1) is 16.8. The molecule has 3 N–H and O–H groups in total. The highest BCUT2D eigenvalue weighted by atomic mass is 16.6. The van der Waals surface area contributed by atoms with Crippen LogP contribution in [0.1, 0.15) is 86.0 Å². The number of nitrogens with zero attached hydrogens (tertiary/aromatic N) is 1. The van der Waals surface area contributed by atoms with Crippen LogP contribution in [0.5, 0.6) is 0 Å². The molecule has 0 heterocycles. The minimum atomic E-state index is -1.19. The van der Waals surface area contributed by atoms with Gasteiger partial charge >= 0.3 is 5.97 Å². The monoisotopic (exact) mass is 502 g/mol. The van der Waals surface area contributed by atoms with E-state index in [1.54, 1.807) is 20.8 Å². The van der Waals surface area contributed by atoms with Crippen LogP contribution in [0.4, 0.5) is 0 Å². The summed E-state index contributed by atoms with van der Waals surface area (Å²) in [5.41, 5.74) is 0.761. The lowest BCUT2D eigenvalue weighted by molar-refractivity contribution is -0.159. The lowest BCUT2D eigenvalue weighted by atomic mass is 9.46. The number of carboxylic acids is 1. The average molecular weight is 503 g/mol. The van der Waals surface area contributed by atoms with Gasteiger partial charge in [0.05, 0.1) is 5.71 Å². The Hall–Kier alpha value is -2.22. The molecule has 4 aliphatic carbocycles. The molecule has 200 valence electrons. The number of hydrogen-bond donors (Lipinski definition) is 3. The number of oxime groups is 1. The molecule has 3 fully saturated rings. The third-order valence-corrected chi connectivity index (χ3v) is 10.3. The summed E-state index contributed by atoms with van der Waals surface area (Å²) in [6.07, 6.45) is 9.29. The maximum Gasteiger partial charge on any atom is 0.326 e. The third kappa shape index (κ3) is 4.29. The molecule has 8 nitrogen and oxygen atoms in total. The number of hydrogen-bond acceptors (Lipinski definition) is 6. The Morgan fingerprint density at radius 2 is 1.81 bits per heavy atom. The van der Waals surface area contributed by atoms with E-state index >= 15 is 0 Å². The van der Waals surface area contributed by atoms with Gasteiger partial charge in [0.1, 0.15) is 11.6 Å². The molecule has 0 radical (unpaired) electrons. The Kier molecular flexibility index (Phi) is 7.14. The van der Waals surface area contributed by atoms with Crippen LogP contribution in [0.3, 0.4) is 0 Å². The lowest BCUT2D eigenvalue weighted by Gasteiger charge is -2.59. The molecule has 3 saturated carbocycles. The number of nitrogens with one attached hydrogen (secondary N) is 1. The maximum atomic E-state index is 12.4. The van der Waals surface area contributed by atoms with Crippen molar-refractivity contribution in [1.82, 2.24) is 5.32 Å². The number of ketones is 1. The minimum absolute atomic E-state index is 0.0730. The molecule has 0 spiro atoms. The highest BCUT2D eigenvalue weighted by Crippen LogP contribution is 2.67. The van der Waals surface area contributed by atoms with Crippen molar-refractivity contribution in [2.45, 2.75) is 97.6 Å². The van der Waals surface area contributed by atoms with Gasteiger partial charge in [-0.2, -0.15) is 0 Å². The first-order valence-corrected chi connectivity index (χ1v) is 13.5. The summed E-state index contributed by atoms with van der Waals surface area (Å²) in [7, 11) is 0. The van der Waals surface area contributed by atoms with Crippen LogP contribution >= 0.6 is 0 Å². The molecule has 0 aliphatic heterocycles. The van der Waals surface area contributed by atoms with Crippen LogP contribution in [-0.2, 0) is 19.2 Å². The average Bonchev–Trinajstić information content (AvgIpc) is 3.09. The first-order valence-electron chi connectivity index (χ1n) is 13.5. The fraction of sp³-hybridized carbons (Fsp3) is 0.786. The summed E-state index contributed by atoms with van der Waals surface area (Å²) < 4.78 is 0. The first kappa shape index (κ1) is 26.8. The molecule has 0 saturated heterocycles. The van der Waals surface area contributed by atoms with Crippen molar-refractivity contribution in [2.24, 2.45) is 39.7 Å². The molecule has 7 atom stereocenters. The number of fused-ring (bicyclic) bond motifs is 5. The Morgan fingerprint density at radius 3 is 2.44 bits per heavy atom. The van der Waals surface area contributed by atoms with Gasteiger partial charge in [-0.3, -0.25) is 9.59 Å². The number of aliphatic carboxylic acids is 1. The van der Waals surface area contributed by atoms with E-state index in [2.05, 4.69) is 30.4 Å². The number of rotatable bonds is 7. The molecule has 1 unspecified atom stereocenters. The van der Waals surface area contributed by atoms with Crippen LogP contribution in [-0.4, -0.2) is 51.8 Å². The van der Waals surface area contributed by atoms with Crippen molar-refractivity contribution in [3.63, 3.8) is 0 Å². The van der Waals surface area contributed by atoms with Gasteiger partial charge in [-0.25, -0.2) is 4.79 Å². The quantitative estimate of drug-likeness (QED) is 0.454. The van der Waals surface area contributed by atoms with Crippen molar-refractivity contribution in [3.8, 4) is 0 Å². The molecule has 4 rings (SSSR count). The fourth-order valence-electron chi connectivity index (χ4n) is 8.14. The zero-order valence-electron chi connectivity index (χ0n) is 22.3. The molecule has 36 heavy (non-hydrogen) atoms. The number of carbonyl (C=O) groups excluding carboxylic acids is 2. The molecule has 1 amide bonds. The molecule has 8 heteroatoms. The van der Waals surface area contributed by atoms with Crippen molar-refractivity contribution < 1.29 is 29.4 Å². The molecular weight excluding hydrogens is 460 g/mol. The second kappa shape index (κ2) is 9.58. The zero-order chi connectivity index (χ0) is 26.5.